The highest BCUT2D eigenvalue weighted by Crippen LogP contribution is 2.22. The molecule has 0 aliphatic heterocycles. The Labute approximate surface area is 103 Å². The van der Waals surface area contributed by atoms with E-state index in [4.69, 9.17) is 5.26 Å². The van der Waals surface area contributed by atoms with Gasteiger partial charge < -0.3 is 4.74 Å². The summed E-state index contributed by atoms with van der Waals surface area (Å²) >= 11 is 0. The largest absolute Gasteiger partial charge is 0.450 e. The molecular formula is C12H11FN2O3. The van der Waals surface area contributed by atoms with Crippen LogP contribution in [0, 0.1) is 17.1 Å². The topological polar surface area (TPSA) is 79.2 Å². The predicted octanol–water partition coefficient (Wildman–Crippen LogP) is 2.47. The summed E-state index contributed by atoms with van der Waals surface area (Å²) in [7, 11) is 0. The molecule has 1 aromatic rings. The predicted molar refractivity (Wildman–Crippen MR) is 61.8 cm³/mol. The van der Waals surface area contributed by atoms with Gasteiger partial charge in [0.25, 0.3) is 0 Å². The summed E-state index contributed by atoms with van der Waals surface area (Å²) in [6, 6.07) is 3.89. The molecule has 5 nitrogen and oxygen atoms in total. The number of halogens is 1. The van der Waals surface area contributed by atoms with Gasteiger partial charge in [-0.15, -0.1) is 0 Å². The van der Waals surface area contributed by atoms with Gasteiger partial charge in [0.1, 0.15) is 11.9 Å². The van der Waals surface area contributed by atoms with Gasteiger partial charge in [-0.25, -0.2) is 9.18 Å². The molecule has 0 fully saturated rings. The van der Waals surface area contributed by atoms with Crippen molar-refractivity contribution in [1.82, 2.24) is 0 Å². The molecule has 1 aromatic carbocycles. The third kappa shape index (κ3) is 3.04. The normalized spacial score (nSPS) is 9.44. The molecule has 0 spiro atoms. The molecule has 1 amide bonds. The Balaban J connectivity index is 3.16. The number of ketones is 1. The number of carbonyl (C=O) groups excluding carboxylic acids is 2. The number of Topliss-reactive ketones (excluding diaryl/α,β-unsaturated/α-hetero) is 1. The summed E-state index contributed by atoms with van der Waals surface area (Å²) in [6.07, 6.45) is -0.858. The van der Waals surface area contributed by atoms with Crippen LogP contribution in [0.1, 0.15) is 29.8 Å². The SMILES string of the molecule is CCOC(=O)Nc1c(F)cc(C(C)=O)cc1C#N. The molecule has 94 valence electrons. The summed E-state index contributed by atoms with van der Waals surface area (Å²) in [5.74, 6) is -1.22. The molecule has 0 bridgehead atoms. The molecule has 0 aliphatic rings. The maximum atomic E-state index is 13.7. The van der Waals surface area contributed by atoms with Gasteiger partial charge in [-0.2, -0.15) is 5.26 Å². The highest BCUT2D eigenvalue weighted by molar-refractivity contribution is 5.96. The molecule has 1 rings (SSSR count). The summed E-state index contributed by atoms with van der Waals surface area (Å²) in [4.78, 5) is 22.3. The molecular weight excluding hydrogens is 239 g/mol. The van der Waals surface area contributed by atoms with Crippen molar-refractivity contribution in [2.75, 3.05) is 11.9 Å². The van der Waals surface area contributed by atoms with E-state index in [-0.39, 0.29) is 29.2 Å². The molecule has 1 N–H and O–H groups in total. The fraction of sp³-hybridized carbons (Fsp3) is 0.250. The van der Waals surface area contributed by atoms with Crippen LogP contribution in [0.15, 0.2) is 12.1 Å². The third-order valence-electron chi connectivity index (χ3n) is 2.12. The van der Waals surface area contributed by atoms with Crippen LogP contribution in [0.25, 0.3) is 0 Å². The van der Waals surface area contributed by atoms with Crippen LogP contribution in [0.4, 0.5) is 14.9 Å². The number of anilines is 1. The van der Waals surface area contributed by atoms with Crippen molar-refractivity contribution < 1.29 is 18.7 Å². The lowest BCUT2D eigenvalue weighted by Crippen LogP contribution is -2.15. The number of nitriles is 1. The summed E-state index contributed by atoms with van der Waals surface area (Å²) in [5, 5.41) is 11.0. The van der Waals surface area contributed by atoms with Crippen molar-refractivity contribution in [2.45, 2.75) is 13.8 Å². The Kier molecular flexibility index (Phi) is 4.38. The van der Waals surface area contributed by atoms with Crippen LogP contribution in [0.5, 0.6) is 0 Å². The van der Waals surface area contributed by atoms with Crippen LogP contribution in [-0.2, 0) is 4.74 Å². The van der Waals surface area contributed by atoms with Gasteiger partial charge in [0.15, 0.2) is 5.78 Å². The number of ether oxygens (including phenoxy) is 1. The Bertz CT molecular complexity index is 535. The minimum Gasteiger partial charge on any atom is -0.450 e. The van der Waals surface area contributed by atoms with E-state index in [1.807, 2.05) is 0 Å². The average molecular weight is 250 g/mol. The zero-order valence-corrected chi connectivity index (χ0v) is 9.91. The van der Waals surface area contributed by atoms with Crippen LogP contribution in [0.3, 0.4) is 0 Å². The van der Waals surface area contributed by atoms with Crippen molar-refractivity contribution in [3.63, 3.8) is 0 Å². The Morgan fingerprint density at radius 1 is 1.50 bits per heavy atom. The number of carbonyl (C=O) groups is 2. The number of rotatable bonds is 3. The first-order chi connectivity index (χ1) is 8.49. The van der Waals surface area contributed by atoms with Crippen LogP contribution >= 0.6 is 0 Å². The monoisotopic (exact) mass is 250 g/mol. The van der Waals surface area contributed by atoms with Crippen molar-refractivity contribution >= 4 is 17.6 Å². The van der Waals surface area contributed by atoms with Gasteiger partial charge in [-0.1, -0.05) is 0 Å². The minimum absolute atomic E-state index is 0.0680. The van der Waals surface area contributed by atoms with Gasteiger partial charge in [0.2, 0.25) is 0 Å². The summed E-state index contributed by atoms with van der Waals surface area (Å²) < 4.78 is 18.3. The third-order valence-corrected chi connectivity index (χ3v) is 2.12. The standard InChI is InChI=1S/C12H11FN2O3/c1-3-18-12(17)15-11-9(6-14)4-8(7(2)16)5-10(11)13/h4-5H,3H2,1-2H3,(H,15,17). The Morgan fingerprint density at radius 3 is 2.67 bits per heavy atom. The van der Waals surface area contributed by atoms with E-state index in [0.717, 1.165) is 6.07 Å². The number of amides is 1. The van der Waals surface area contributed by atoms with Gasteiger partial charge in [0, 0.05) is 5.56 Å². The molecule has 0 heterocycles. The summed E-state index contributed by atoms with van der Waals surface area (Å²) in [5.41, 5.74) is -0.354. The second kappa shape index (κ2) is 5.77. The number of hydrogen-bond acceptors (Lipinski definition) is 4. The lowest BCUT2D eigenvalue weighted by Gasteiger charge is -2.09. The van der Waals surface area contributed by atoms with Crippen molar-refractivity contribution in [3.8, 4) is 6.07 Å². The van der Waals surface area contributed by atoms with E-state index in [0.29, 0.717) is 0 Å². The molecule has 0 aliphatic carbocycles. The lowest BCUT2D eigenvalue weighted by atomic mass is 10.1. The summed E-state index contributed by atoms with van der Waals surface area (Å²) in [6.45, 7) is 2.98. The van der Waals surface area contributed by atoms with Gasteiger partial charge in [-0.3, -0.25) is 10.1 Å². The maximum Gasteiger partial charge on any atom is 0.411 e. The number of nitrogens with zero attached hydrogens (tertiary/aromatic N) is 1. The maximum absolute atomic E-state index is 13.7. The quantitative estimate of drug-likeness (QED) is 0.836. The first-order valence-corrected chi connectivity index (χ1v) is 5.18. The smallest absolute Gasteiger partial charge is 0.411 e. The van der Waals surface area contributed by atoms with Gasteiger partial charge in [-0.05, 0) is 26.0 Å². The van der Waals surface area contributed by atoms with E-state index in [9.17, 15) is 14.0 Å². The van der Waals surface area contributed by atoms with E-state index < -0.39 is 11.9 Å². The zero-order valence-electron chi connectivity index (χ0n) is 9.91. The van der Waals surface area contributed by atoms with Crippen LogP contribution in [-0.4, -0.2) is 18.5 Å². The Morgan fingerprint density at radius 2 is 2.17 bits per heavy atom. The second-order valence-corrected chi connectivity index (χ2v) is 3.39. The first-order valence-electron chi connectivity index (χ1n) is 5.18. The first kappa shape index (κ1) is 13.6. The van der Waals surface area contributed by atoms with Crippen molar-refractivity contribution in [3.05, 3.63) is 29.1 Å². The molecule has 0 unspecified atom stereocenters. The molecule has 0 radical (unpaired) electrons. The Hall–Kier alpha value is -2.42. The minimum atomic E-state index is -0.858. The van der Waals surface area contributed by atoms with Gasteiger partial charge in [0.05, 0.1) is 17.9 Å². The zero-order chi connectivity index (χ0) is 13.7. The number of nitrogens with one attached hydrogen (secondary N) is 1. The number of hydrogen-bond donors (Lipinski definition) is 1. The second-order valence-electron chi connectivity index (χ2n) is 3.39. The molecule has 0 saturated heterocycles. The highest BCUT2D eigenvalue weighted by atomic mass is 19.1. The van der Waals surface area contributed by atoms with E-state index in [1.54, 1.807) is 13.0 Å². The van der Waals surface area contributed by atoms with Gasteiger partial charge >= 0.3 is 6.09 Å². The fourth-order valence-corrected chi connectivity index (χ4v) is 1.29. The molecule has 6 heteroatoms. The van der Waals surface area contributed by atoms with Crippen molar-refractivity contribution in [1.29, 1.82) is 5.26 Å². The number of benzene rings is 1. The van der Waals surface area contributed by atoms with Crippen molar-refractivity contribution in [2.24, 2.45) is 0 Å². The average Bonchev–Trinajstić information content (AvgIpc) is 2.31. The molecule has 0 saturated carbocycles. The fourth-order valence-electron chi connectivity index (χ4n) is 1.29. The molecule has 0 atom stereocenters. The van der Waals surface area contributed by atoms with E-state index in [2.05, 4.69) is 10.1 Å². The van der Waals surface area contributed by atoms with Crippen LogP contribution in [0.2, 0.25) is 0 Å². The lowest BCUT2D eigenvalue weighted by molar-refractivity contribution is 0.101. The molecule has 0 aromatic heterocycles. The van der Waals surface area contributed by atoms with E-state index in [1.165, 1.54) is 13.0 Å². The van der Waals surface area contributed by atoms with Crippen LogP contribution < -0.4 is 5.32 Å². The van der Waals surface area contributed by atoms with E-state index >= 15 is 0 Å². The highest BCUT2D eigenvalue weighted by Gasteiger charge is 2.15. The molecule has 18 heavy (non-hydrogen) atoms.